The van der Waals surface area contributed by atoms with Gasteiger partial charge in [0.25, 0.3) is 5.56 Å². The number of hydrogen-bond donors (Lipinski definition) is 1. The Hall–Kier alpha value is -2.57. The van der Waals surface area contributed by atoms with Gasteiger partial charge in [-0.05, 0) is 29.7 Å². The highest BCUT2D eigenvalue weighted by Gasteiger charge is 2.11. The number of nitrogens with one attached hydrogen (secondary N) is 1. The standard InChI is InChI=1S/C19H14N2O2S2/c1-25(23)14-8-6-12(7-9-14)17-11-24-19(21-17)15-10-13-4-2-3-5-16(13)20-18(15)22/h2-11H,1H3,(H,20,22). The fraction of sp³-hybridized carbons (Fsp3) is 0.0526. The normalized spacial score (nSPS) is 12.4. The Morgan fingerprint density at radius 2 is 1.84 bits per heavy atom. The summed E-state index contributed by atoms with van der Waals surface area (Å²) in [5, 5.41) is 3.59. The summed E-state index contributed by atoms with van der Waals surface area (Å²) in [5.41, 5.74) is 2.99. The van der Waals surface area contributed by atoms with Gasteiger partial charge in [-0.25, -0.2) is 4.98 Å². The quantitative estimate of drug-likeness (QED) is 0.595. The van der Waals surface area contributed by atoms with Crippen molar-refractivity contribution in [3.63, 3.8) is 0 Å². The van der Waals surface area contributed by atoms with Crippen molar-refractivity contribution in [1.82, 2.24) is 9.97 Å². The highest BCUT2D eigenvalue weighted by molar-refractivity contribution is 7.84. The van der Waals surface area contributed by atoms with Crippen LogP contribution in [0.5, 0.6) is 0 Å². The van der Waals surface area contributed by atoms with Crippen molar-refractivity contribution in [2.24, 2.45) is 0 Å². The van der Waals surface area contributed by atoms with Gasteiger partial charge in [-0.2, -0.15) is 0 Å². The largest absolute Gasteiger partial charge is 0.321 e. The maximum Gasteiger partial charge on any atom is 0.258 e. The Bertz CT molecular complexity index is 1140. The van der Waals surface area contributed by atoms with Crippen molar-refractivity contribution in [3.8, 4) is 21.8 Å². The van der Waals surface area contributed by atoms with E-state index in [2.05, 4.69) is 9.97 Å². The predicted octanol–water partition coefficient (Wildman–Crippen LogP) is 4.06. The van der Waals surface area contributed by atoms with Crippen molar-refractivity contribution < 1.29 is 4.21 Å². The monoisotopic (exact) mass is 366 g/mol. The molecular weight excluding hydrogens is 352 g/mol. The van der Waals surface area contributed by atoms with Gasteiger partial charge in [0.2, 0.25) is 0 Å². The molecular formula is C19H14N2O2S2. The number of rotatable bonds is 3. The van der Waals surface area contributed by atoms with Crippen LogP contribution in [0.2, 0.25) is 0 Å². The summed E-state index contributed by atoms with van der Waals surface area (Å²) in [5.74, 6) is 0. The molecule has 0 fully saturated rings. The van der Waals surface area contributed by atoms with Gasteiger partial charge in [-0.3, -0.25) is 9.00 Å². The van der Waals surface area contributed by atoms with Crippen molar-refractivity contribution in [3.05, 3.63) is 70.3 Å². The number of benzene rings is 2. The van der Waals surface area contributed by atoms with Gasteiger partial charge in [-0.1, -0.05) is 30.3 Å². The third-order valence-corrected chi connectivity index (χ3v) is 5.78. The summed E-state index contributed by atoms with van der Waals surface area (Å²) in [6, 6.07) is 17.0. The molecule has 4 nitrogen and oxygen atoms in total. The minimum absolute atomic E-state index is 0.142. The van der Waals surface area contributed by atoms with E-state index in [1.165, 1.54) is 11.3 Å². The number of hydrogen-bond acceptors (Lipinski definition) is 4. The highest BCUT2D eigenvalue weighted by atomic mass is 32.2. The van der Waals surface area contributed by atoms with Gasteiger partial charge in [0.1, 0.15) is 5.01 Å². The van der Waals surface area contributed by atoms with Crippen LogP contribution < -0.4 is 5.56 Å². The van der Waals surface area contributed by atoms with Gasteiger partial charge < -0.3 is 4.98 Å². The SMILES string of the molecule is CS(=O)c1ccc(-c2csc(-c3cc4ccccc4[nH]c3=O)n2)cc1. The fourth-order valence-corrected chi connectivity index (χ4v) is 4.01. The molecule has 2 aromatic carbocycles. The summed E-state index contributed by atoms with van der Waals surface area (Å²) in [6.45, 7) is 0. The molecule has 6 heteroatoms. The third kappa shape index (κ3) is 3.06. The fourth-order valence-electron chi connectivity index (χ4n) is 2.65. The van der Waals surface area contributed by atoms with E-state index in [1.807, 2.05) is 60.0 Å². The number of para-hydroxylation sites is 1. The van der Waals surface area contributed by atoms with Crippen LogP contribution in [0.4, 0.5) is 0 Å². The predicted molar refractivity (Wildman–Crippen MR) is 103 cm³/mol. The zero-order valence-corrected chi connectivity index (χ0v) is 15.0. The second-order valence-corrected chi connectivity index (χ2v) is 7.85. The molecule has 0 saturated carbocycles. The second-order valence-electron chi connectivity index (χ2n) is 5.62. The summed E-state index contributed by atoms with van der Waals surface area (Å²) < 4.78 is 11.5. The summed E-state index contributed by atoms with van der Waals surface area (Å²) in [7, 11) is -0.998. The number of fused-ring (bicyclic) bond motifs is 1. The topological polar surface area (TPSA) is 62.8 Å². The summed E-state index contributed by atoms with van der Waals surface area (Å²) >= 11 is 1.44. The second kappa shape index (κ2) is 6.38. The maximum absolute atomic E-state index is 12.4. The van der Waals surface area contributed by atoms with Crippen LogP contribution in [0.15, 0.2) is 69.7 Å². The molecule has 0 radical (unpaired) electrons. The smallest absolute Gasteiger partial charge is 0.258 e. The lowest BCUT2D eigenvalue weighted by atomic mass is 10.1. The van der Waals surface area contributed by atoms with Crippen LogP contribution in [-0.2, 0) is 10.8 Å². The van der Waals surface area contributed by atoms with Crippen LogP contribution in [-0.4, -0.2) is 20.4 Å². The molecule has 124 valence electrons. The van der Waals surface area contributed by atoms with E-state index >= 15 is 0 Å². The molecule has 0 aliphatic carbocycles. The average Bonchev–Trinajstić information content (AvgIpc) is 3.11. The number of H-pyrrole nitrogens is 1. The first-order valence-corrected chi connectivity index (χ1v) is 10.1. The van der Waals surface area contributed by atoms with Crippen molar-refractivity contribution in [2.75, 3.05) is 6.26 Å². The first-order valence-electron chi connectivity index (χ1n) is 7.63. The zero-order chi connectivity index (χ0) is 17.4. The molecule has 0 bridgehead atoms. The third-order valence-electron chi connectivity index (χ3n) is 3.97. The number of pyridine rings is 1. The molecule has 1 atom stereocenters. The first kappa shape index (κ1) is 15.9. The van der Waals surface area contributed by atoms with Crippen LogP contribution in [0, 0.1) is 0 Å². The molecule has 0 spiro atoms. The molecule has 2 heterocycles. The molecule has 2 aromatic heterocycles. The van der Waals surface area contributed by atoms with Crippen LogP contribution >= 0.6 is 11.3 Å². The molecule has 0 saturated heterocycles. The molecule has 4 rings (SSSR count). The molecule has 1 unspecified atom stereocenters. The maximum atomic E-state index is 12.4. The highest BCUT2D eigenvalue weighted by Crippen LogP contribution is 2.28. The zero-order valence-electron chi connectivity index (χ0n) is 13.4. The average molecular weight is 366 g/mol. The molecule has 25 heavy (non-hydrogen) atoms. The Kier molecular flexibility index (Phi) is 4.07. The van der Waals surface area contributed by atoms with Gasteiger partial charge in [0.05, 0.1) is 11.3 Å². The van der Waals surface area contributed by atoms with Gasteiger partial charge >= 0.3 is 0 Å². The number of nitrogens with zero attached hydrogens (tertiary/aromatic N) is 1. The molecule has 0 aliphatic rings. The van der Waals surface area contributed by atoms with E-state index in [0.717, 1.165) is 27.1 Å². The van der Waals surface area contributed by atoms with Crippen molar-refractivity contribution in [1.29, 1.82) is 0 Å². The lowest BCUT2D eigenvalue weighted by Crippen LogP contribution is -2.08. The summed E-state index contributed by atoms with van der Waals surface area (Å²) in [6.07, 6.45) is 1.65. The minimum atomic E-state index is -0.998. The Balaban J connectivity index is 1.75. The number of aromatic amines is 1. The number of thiazole rings is 1. The molecule has 0 amide bonds. The lowest BCUT2D eigenvalue weighted by molar-refractivity contribution is 0.687. The number of aromatic nitrogens is 2. The lowest BCUT2D eigenvalue weighted by Gasteiger charge is -2.01. The van der Waals surface area contributed by atoms with E-state index in [-0.39, 0.29) is 5.56 Å². The Morgan fingerprint density at radius 1 is 1.08 bits per heavy atom. The first-order chi connectivity index (χ1) is 12.1. The van der Waals surface area contributed by atoms with E-state index in [4.69, 9.17) is 0 Å². The molecule has 4 aromatic rings. The van der Waals surface area contributed by atoms with E-state index in [1.54, 1.807) is 6.26 Å². The Morgan fingerprint density at radius 3 is 2.60 bits per heavy atom. The van der Waals surface area contributed by atoms with E-state index in [0.29, 0.717) is 10.6 Å². The van der Waals surface area contributed by atoms with Crippen LogP contribution in [0.25, 0.3) is 32.7 Å². The van der Waals surface area contributed by atoms with Crippen molar-refractivity contribution >= 4 is 33.0 Å². The van der Waals surface area contributed by atoms with Crippen LogP contribution in [0.3, 0.4) is 0 Å². The summed E-state index contributed by atoms with van der Waals surface area (Å²) in [4.78, 5) is 20.7. The van der Waals surface area contributed by atoms with E-state index < -0.39 is 10.8 Å². The van der Waals surface area contributed by atoms with Gasteiger partial charge in [-0.15, -0.1) is 11.3 Å². The van der Waals surface area contributed by atoms with Crippen molar-refractivity contribution in [2.45, 2.75) is 4.90 Å². The van der Waals surface area contributed by atoms with E-state index in [9.17, 15) is 9.00 Å². The molecule has 0 aliphatic heterocycles. The van der Waals surface area contributed by atoms with Gasteiger partial charge in [0, 0.05) is 38.4 Å². The minimum Gasteiger partial charge on any atom is -0.321 e. The molecule has 1 N–H and O–H groups in total. The van der Waals surface area contributed by atoms with Crippen LogP contribution in [0.1, 0.15) is 0 Å². The van der Waals surface area contributed by atoms with Gasteiger partial charge in [0.15, 0.2) is 0 Å². The Labute approximate surface area is 150 Å².